The quantitative estimate of drug-likeness (QED) is 0.720. The number of hydrogen-bond donors (Lipinski definition) is 1. The van der Waals surface area contributed by atoms with Gasteiger partial charge >= 0.3 is 0 Å². The van der Waals surface area contributed by atoms with Gasteiger partial charge in [-0.2, -0.15) is 0 Å². The molecule has 1 nitrogen and oxygen atoms in total. The molecule has 3 heteroatoms. The molecule has 1 aromatic carbocycles. The summed E-state index contributed by atoms with van der Waals surface area (Å²) in [6, 6.07) is 6.56. The molecule has 0 aromatic heterocycles. The average molecular weight is 188 g/mol. The second-order valence-corrected chi connectivity index (χ2v) is 3.22. The lowest BCUT2D eigenvalue weighted by Crippen LogP contribution is -1.74. The van der Waals surface area contributed by atoms with Gasteiger partial charge in [0.1, 0.15) is 5.82 Å². The van der Waals surface area contributed by atoms with Gasteiger partial charge in [0.25, 0.3) is 0 Å². The van der Waals surface area contributed by atoms with Gasteiger partial charge in [-0.05, 0) is 30.0 Å². The van der Waals surface area contributed by atoms with Crippen LogP contribution in [0.1, 0.15) is 6.92 Å². The highest BCUT2D eigenvalue weighted by Crippen LogP contribution is 2.16. The highest BCUT2D eigenvalue weighted by atomic mass is 32.2. The molecule has 1 N–H and O–H groups in total. The van der Waals surface area contributed by atoms with E-state index < -0.39 is 0 Å². The van der Waals surface area contributed by atoms with E-state index in [1.54, 1.807) is 23.9 Å². The first-order valence-electron chi connectivity index (χ1n) is 3.66. The first kappa shape index (κ1) is 11.5. The minimum atomic E-state index is -0.166. The minimum absolute atomic E-state index is 0.166. The van der Waals surface area contributed by atoms with Crippen molar-refractivity contribution in [3.8, 4) is 0 Å². The second kappa shape index (κ2) is 7.13. The normalized spacial score (nSPS) is 8.67. The molecule has 1 rings (SSSR count). The third-order valence-corrected chi connectivity index (χ3v) is 2.02. The Kier molecular flexibility index (Phi) is 6.81. The van der Waals surface area contributed by atoms with Gasteiger partial charge in [0.15, 0.2) is 0 Å². The Labute approximate surface area is 76.6 Å². The summed E-state index contributed by atoms with van der Waals surface area (Å²) in [7, 11) is 1.00. The summed E-state index contributed by atoms with van der Waals surface area (Å²) in [6.07, 6.45) is 0. The first-order chi connectivity index (χ1) is 5.83. The summed E-state index contributed by atoms with van der Waals surface area (Å²) in [5, 5.41) is 7.00. The third-order valence-electron chi connectivity index (χ3n) is 1.12. The third kappa shape index (κ3) is 4.36. The Morgan fingerprint density at radius 3 is 2.17 bits per heavy atom. The molecule has 0 amide bonds. The molecule has 0 unspecified atom stereocenters. The average Bonchev–Trinajstić information content (AvgIpc) is 2.13. The summed E-state index contributed by atoms with van der Waals surface area (Å²) in [6.45, 7) is 2.08. The molecule has 0 aliphatic rings. The lowest BCUT2D eigenvalue weighted by Gasteiger charge is -1.95. The van der Waals surface area contributed by atoms with E-state index in [9.17, 15) is 4.39 Å². The van der Waals surface area contributed by atoms with Crippen LogP contribution in [0.4, 0.5) is 4.39 Å². The number of hydrogen-bond acceptors (Lipinski definition) is 2. The molecule has 0 aliphatic heterocycles. The van der Waals surface area contributed by atoms with Crippen LogP contribution in [0.3, 0.4) is 0 Å². The van der Waals surface area contributed by atoms with Gasteiger partial charge in [-0.15, -0.1) is 11.8 Å². The summed E-state index contributed by atoms with van der Waals surface area (Å²) < 4.78 is 12.3. The van der Waals surface area contributed by atoms with Crippen LogP contribution >= 0.6 is 11.8 Å². The van der Waals surface area contributed by atoms with E-state index in [0.29, 0.717) is 0 Å². The van der Waals surface area contributed by atoms with Crippen molar-refractivity contribution in [3.63, 3.8) is 0 Å². The maximum atomic E-state index is 12.3. The SMILES string of the molecule is CCSc1ccc(F)cc1.CO. The predicted molar refractivity (Wildman–Crippen MR) is 50.9 cm³/mol. The highest BCUT2D eigenvalue weighted by Gasteiger charge is 1.90. The van der Waals surface area contributed by atoms with E-state index in [-0.39, 0.29) is 5.82 Å². The van der Waals surface area contributed by atoms with Gasteiger partial charge in [0.2, 0.25) is 0 Å². The summed E-state index contributed by atoms with van der Waals surface area (Å²) >= 11 is 1.72. The zero-order valence-corrected chi connectivity index (χ0v) is 8.07. The maximum absolute atomic E-state index is 12.3. The second-order valence-electron chi connectivity index (χ2n) is 1.89. The largest absolute Gasteiger partial charge is 0.400 e. The molecule has 0 aliphatic carbocycles. The molecule has 0 radical (unpaired) electrons. The van der Waals surface area contributed by atoms with Crippen LogP contribution in [-0.2, 0) is 0 Å². The smallest absolute Gasteiger partial charge is 0.123 e. The number of aliphatic hydroxyl groups excluding tert-OH is 1. The number of halogens is 1. The molecule has 0 bridgehead atoms. The number of rotatable bonds is 2. The maximum Gasteiger partial charge on any atom is 0.123 e. The standard InChI is InChI=1S/C8H9FS.CH4O/c1-2-10-8-5-3-7(9)4-6-8;1-2/h3-6H,2H2,1H3;2H,1H3. The van der Waals surface area contributed by atoms with E-state index in [1.165, 1.54) is 12.1 Å². The van der Waals surface area contributed by atoms with Crippen molar-refractivity contribution >= 4 is 11.8 Å². The van der Waals surface area contributed by atoms with Crippen molar-refractivity contribution in [2.75, 3.05) is 12.9 Å². The van der Waals surface area contributed by atoms with Crippen molar-refractivity contribution in [2.45, 2.75) is 11.8 Å². The van der Waals surface area contributed by atoms with Gasteiger partial charge < -0.3 is 5.11 Å². The number of thioether (sulfide) groups is 1. The topological polar surface area (TPSA) is 20.2 Å². The number of aliphatic hydroxyl groups is 1. The zero-order chi connectivity index (χ0) is 9.40. The molecule has 0 heterocycles. The molecular weight excluding hydrogens is 175 g/mol. The lowest BCUT2D eigenvalue weighted by atomic mass is 10.4. The van der Waals surface area contributed by atoms with Crippen LogP contribution < -0.4 is 0 Å². The Hall–Kier alpha value is -0.540. The molecule has 0 atom stereocenters. The summed E-state index contributed by atoms with van der Waals surface area (Å²) in [5.41, 5.74) is 0. The van der Waals surface area contributed by atoms with Crippen molar-refractivity contribution in [1.82, 2.24) is 0 Å². The van der Waals surface area contributed by atoms with Gasteiger partial charge in [0, 0.05) is 12.0 Å². The van der Waals surface area contributed by atoms with Crippen LogP contribution in [0.2, 0.25) is 0 Å². The van der Waals surface area contributed by atoms with Crippen molar-refractivity contribution in [3.05, 3.63) is 30.1 Å². The van der Waals surface area contributed by atoms with Gasteiger partial charge in [-0.25, -0.2) is 4.39 Å². The Bertz CT molecular complexity index is 198. The van der Waals surface area contributed by atoms with Gasteiger partial charge in [-0.3, -0.25) is 0 Å². The fraction of sp³-hybridized carbons (Fsp3) is 0.333. The first-order valence-corrected chi connectivity index (χ1v) is 4.64. The summed E-state index contributed by atoms with van der Waals surface area (Å²) in [4.78, 5) is 1.13. The van der Waals surface area contributed by atoms with Crippen LogP contribution in [0.25, 0.3) is 0 Å². The molecule has 12 heavy (non-hydrogen) atoms. The van der Waals surface area contributed by atoms with E-state index in [2.05, 4.69) is 6.92 Å². The Balaban J connectivity index is 0.000000561. The van der Waals surface area contributed by atoms with E-state index >= 15 is 0 Å². The van der Waals surface area contributed by atoms with Crippen LogP contribution in [0, 0.1) is 5.82 Å². The molecule has 68 valence electrons. The summed E-state index contributed by atoms with van der Waals surface area (Å²) in [5.74, 6) is 0.867. The number of benzene rings is 1. The van der Waals surface area contributed by atoms with E-state index in [0.717, 1.165) is 17.8 Å². The predicted octanol–water partition coefficient (Wildman–Crippen LogP) is 2.55. The molecular formula is C9H13FOS. The minimum Gasteiger partial charge on any atom is -0.400 e. The molecule has 0 spiro atoms. The van der Waals surface area contributed by atoms with E-state index in [1.807, 2.05) is 0 Å². The van der Waals surface area contributed by atoms with Crippen LogP contribution in [0.5, 0.6) is 0 Å². The van der Waals surface area contributed by atoms with Gasteiger partial charge in [-0.1, -0.05) is 6.92 Å². The van der Waals surface area contributed by atoms with Gasteiger partial charge in [0.05, 0.1) is 0 Å². The van der Waals surface area contributed by atoms with Crippen molar-refractivity contribution in [2.24, 2.45) is 0 Å². The fourth-order valence-corrected chi connectivity index (χ4v) is 1.36. The Morgan fingerprint density at radius 2 is 1.75 bits per heavy atom. The van der Waals surface area contributed by atoms with E-state index in [4.69, 9.17) is 5.11 Å². The zero-order valence-electron chi connectivity index (χ0n) is 7.25. The van der Waals surface area contributed by atoms with Crippen molar-refractivity contribution in [1.29, 1.82) is 0 Å². The molecule has 0 fully saturated rings. The molecule has 1 aromatic rings. The van der Waals surface area contributed by atoms with Crippen LogP contribution in [0.15, 0.2) is 29.2 Å². The molecule has 0 saturated heterocycles. The Morgan fingerprint density at radius 1 is 1.25 bits per heavy atom. The molecule has 0 saturated carbocycles. The highest BCUT2D eigenvalue weighted by molar-refractivity contribution is 7.99. The fourth-order valence-electron chi connectivity index (χ4n) is 0.697. The lowest BCUT2D eigenvalue weighted by molar-refractivity contribution is 0.399. The van der Waals surface area contributed by atoms with Crippen molar-refractivity contribution < 1.29 is 9.50 Å². The monoisotopic (exact) mass is 188 g/mol. The van der Waals surface area contributed by atoms with Crippen LogP contribution in [-0.4, -0.2) is 18.0 Å².